The topological polar surface area (TPSA) is 29.9 Å². The van der Waals surface area contributed by atoms with Gasteiger partial charge in [-0.1, -0.05) is 6.92 Å². The van der Waals surface area contributed by atoms with Crippen LogP contribution in [-0.4, -0.2) is 16.3 Å². The second-order valence-corrected chi connectivity index (χ2v) is 4.89. The smallest absolute Gasteiger partial charge is 0.0537 e. The largest absolute Gasteiger partial charge is 0.310 e. The fourth-order valence-electron chi connectivity index (χ4n) is 1.98. The van der Waals surface area contributed by atoms with Crippen molar-refractivity contribution in [3.8, 4) is 0 Å². The molecular weight excluding hydrogens is 186 g/mol. The van der Waals surface area contributed by atoms with Crippen molar-refractivity contribution in [1.29, 1.82) is 0 Å². The van der Waals surface area contributed by atoms with Gasteiger partial charge < -0.3 is 5.32 Å². The molecule has 0 bridgehead atoms. The predicted octanol–water partition coefficient (Wildman–Crippen LogP) is 2.12. The molecule has 1 aliphatic carbocycles. The van der Waals surface area contributed by atoms with Crippen LogP contribution in [-0.2, 0) is 7.05 Å². The Hall–Kier alpha value is -0.830. The summed E-state index contributed by atoms with van der Waals surface area (Å²) in [6, 6.07) is 0.417. The maximum absolute atomic E-state index is 4.19. The van der Waals surface area contributed by atoms with Gasteiger partial charge in [0.25, 0.3) is 0 Å². The minimum absolute atomic E-state index is 0.417. The number of hydrogen-bond acceptors (Lipinski definition) is 2. The lowest BCUT2D eigenvalue weighted by Gasteiger charge is -2.16. The van der Waals surface area contributed by atoms with Crippen LogP contribution in [0.5, 0.6) is 0 Å². The average Bonchev–Trinajstić information content (AvgIpc) is 2.97. The summed E-state index contributed by atoms with van der Waals surface area (Å²) in [7, 11) is 1.96. The van der Waals surface area contributed by atoms with E-state index in [0.717, 1.165) is 18.4 Å². The first-order chi connectivity index (χ1) is 7.16. The lowest BCUT2D eigenvalue weighted by molar-refractivity contribution is 0.432. The van der Waals surface area contributed by atoms with Crippen LogP contribution >= 0.6 is 0 Å². The number of aryl methyl sites for hydroxylation is 1. The van der Waals surface area contributed by atoms with E-state index in [1.807, 2.05) is 17.9 Å². The van der Waals surface area contributed by atoms with Gasteiger partial charge in [0.05, 0.1) is 6.20 Å². The van der Waals surface area contributed by atoms with Gasteiger partial charge in [-0.2, -0.15) is 5.10 Å². The average molecular weight is 207 g/mol. The SMILES string of the molecule is CC(NCC(C)C1CC1)c1cnn(C)c1. The standard InChI is InChI=1S/C12H21N3/c1-9(11-4-5-11)6-13-10(2)12-7-14-15(3)8-12/h7-11,13H,4-6H2,1-3H3. The van der Waals surface area contributed by atoms with E-state index in [1.54, 1.807) is 0 Å². The van der Waals surface area contributed by atoms with Crippen LogP contribution in [0, 0.1) is 11.8 Å². The summed E-state index contributed by atoms with van der Waals surface area (Å²) in [4.78, 5) is 0. The van der Waals surface area contributed by atoms with Crippen molar-refractivity contribution in [2.75, 3.05) is 6.54 Å². The molecule has 0 amide bonds. The summed E-state index contributed by atoms with van der Waals surface area (Å²) in [6.07, 6.45) is 6.90. The molecule has 2 atom stereocenters. The van der Waals surface area contributed by atoms with Gasteiger partial charge in [-0.3, -0.25) is 4.68 Å². The van der Waals surface area contributed by atoms with Crippen LogP contribution in [0.4, 0.5) is 0 Å². The highest BCUT2D eigenvalue weighted by Crippen LogP contribution is 2.36. The first-order valence-corrected chi connectivity index (χ1v) is 5.88. The zero-order valence-electron chi connectivity index (χ0n) is 9.90. The van der Waals surface area contributed by atoms with Gasteiger partial charge in [-0.05, 0) is 38.1 Å². The molecule has 0 aromatic carbocycles. The molecule has 1 saturated carbocycles. The first-order valence-electron chi connectivity index (χ1n) is 5.88. The molecule has 1 heterocycles. The fraction of sp³-hybridized carbons (Fsp3) is 0.750. The second kappa shape index (κ2) is 4.35. The second-order valence-electron chi connectivity index (χ2n) is 4.89. The lowest BCUT2D eigenvalue weighted by atomic mass is 10.1. The summed E-state index contributed by atoms with van der Waals surface area (Å²) in [5, 5.41) is 7.77. The van der Waals surface area contributed by atoms with Crippen molar-refractivity contribution < 1.29 is 0 Å². The summed E-state index contributed by atoms with van der Waals surface area (Å²) in [6.45, 7) is 5.68. The van der Waals surface area contributed by atoms with Crippen LogP contribution in [0.25, 0.3) is 0 Å². The normalized spacial score (nSPS) is 20.2. The van der Waals surface area contributed by atoms with E-state index >= 15 is 0 Å². The molecule has 0 radical (unpaired) electrons. The third-order valence-electron chi connectivity index (χ3n) is 3.40. The highest BCUT2D eigenvalue weighted by molar-refractivity contribution is 5.08. The lowest BCUT2D eigenvalue weighted by Crippen LogP contribution is -2.25. The minimum atomic E-state index is 0.417. The van der Waals surface area contributed by atoms with Crippen molar-refractivity contribution in [2.24, 2.45) is 18.9 Å². The van der Waals surface area contributed by atoms with Gasteiger partial charge in [0.1, 0.15) is 0 Å². The summed E-state index contributed by atoms with van der Waals surface area (Å²) < 4.78 is 1.86. The van der Waals surface area contributed by atoms with E-state index < -0.39 is 0 Å². The van der Waals surface area contributed by atoms with Crippen LogP contribution in [0.3, 0.4) is 0 Å². The number of nitrogens with zero attached hydrogens (tertiary/aromatic N) is 2. The Labute approximate surface area is 91.9 Å². The van der Waals surface area contributed by atoms with E-state index in [4.69, 9.17) is 0 Å². The highest BCUT2D eigenvalue weighted by atomic mass is 15.2. The van der Waals surface area contributed by atoms with E-state index in [0.29, 0.717) is 6.04 Å². The Bertz CT molecular complexity index is 314. The molecule has 2 unspecified atom stereocenters. The Morgan fingerprint density at radius 1 is 1.53 bits per heavy atom. The molecule has 1 aliphatic rings. The molecule has 1 aromatic heterocycles. The monoisotopic (exact) mass is 207 g/mol. The van der Waals surface area contributed by atoms with Crippen LogP contribution < -0.4 is 5.32 Å². The summed E-state index contributed by atoms with van der Waals surface area (Å²) >= 11 is 0. The number of nitrogens with one attached hydrogen (secondary N) is 1. The zero-order chi connectivity index (χ0) is 10.8. The fourth-order valence-corrected chi connectivity index (χ4v) is 1.98. The molecule has 3 nitrogen and oxygen atoms in total. The molecule has 1 aromatic rings. The number of aromatic nitrogens is 2. The van der Waals surface area contributed by atoms with Crippen molar-refractivity contribution in [2.45, 2.75) is 32.7 Å². The molecule has 84 valence electrons. The van der Waals surface area contributed by atoms with Crippen LogP contribution in [0.15, 0.2) is 12.4 Å². The Morgan fingerprint density at radius 3 is 2.80 bits per heavy atom. The van der Waals surface area contributed by atoms with E-state index in [2.05, 4.69) is 30.5 Å². The molecule has 15 heavy (non-hydrogen) atoms. The quantitative estimate of drug-likeness (QED) is 0.801. The maximum atomic E-state index is 4.19. The van der Waals surface area contributed by atoms with E-state index in [-0.39, 0.29) is 0 Å². The zero-order valence-corrected chi connectivity index (χ0v) is 9.90. The maximum Gasteiger partial charge on any atom is 0.0537 e. The van der Waals surface area contributed by atoms with Gasteiger partial charge in [0.15, 0.2) is 0 Å². The van der Waals surface area contributed by atoms with Crippen LogP contribution in [0.1, 0.15) is 38.3 Å². The van der Waals surface area contributed by atoms with Crippen molar-refractivity contribution in [3.63, 3.8) is 0 Å². The highest BCUT2D eigenvalue weighted by Gasteiger charge is 2.27. The first kappa shape index (κ1) is 10.7. The third-order valence-corrected chi connectivity index (χ3v) is 3.40. The molecule has 3 heteroatoms. The van der Waals surface area contributed by atoms with E-state index in [1.165, 1.54) is 18.4 Å². The summed E-state index contributed by atoms with van der Waals surface area (Å²) in [5.41, 5.74) is 1.28. The van der Waals surface area contributed by atoms with E-state index in [9.17, 15) is 0 Å². The Morgan fingerprint density at radius 2 is 2.27 bits per heavy atom. The van der Waals surface area contributed by atoms with Gasteiger partial charge in [0.2, 0.25) is 0 Å². The van der Waals surface area contributed by atoms with Crippen molar-refractivity contribution in [1.82, 2.24) is 15.1 Å². The van der Waals surface area contributed by atoms with Gasteiger partial charge in [0, 0.05) is 24.8 Å². The number of rotatable bonds is 5. The van der Waals surface area contributed by atoms with Gasteiger partial charge >= 0.3 is 0 Å². The Kier molecular flexibility index (Phi) is 3.10. The molecule has 2 rings (SSSR count). The van der Waals surface area contributed by atoms with Gasteiger partial charge in [-0.25, -0.2) is 0 Å². The molecule has 1 fully saturated rings. The molecular formula is C12H21N3. The van der Waals surface area contributed by atoms with Crippen LogP contribution in [0.2, 0.25) is 0 Å². The number of hydrogen-bond donors (Lipinski definition) is 1. The predicted molar refractivity (Wildman–Crippen MR) is 61.5 cm³/mol. The Balaban J connectivity index is 1.78. The van der Waals surface area contributed by atoms with Gasteiger partial charge in [-0.15, -0.1) is 0 Å². The molecule has 0 aliphatic heterocycles. The molecule has 0 saturated heterocycles. The minimum Gasteiger partial charge on any atom is -0.310 e. The van der Waals surface area contributed by atoms with Crippen molar-refractivity contribution in [3.05, 3.63) is 18.0 Å². The third kappa shape index (κ3) is 2.81. The molecule has 1 N–H and O–H groups in total. The molecule has 0 spiro atoms. The summed E-state index contributed by atoms with van der Waals surface area (Å²) in [5.74, 6) is 1.81. The van der Waals surface area contributed by atoms with Crippen molar-refractivity contribution >= 4 is 0 Å².